The van der Waals surface area contributed by atoms with Crippen molar-refractivity contribution in [2.75, 3.05) is 31.1 Å². The third-order valence-electron chi connectivity index (χ3n) is 5.24. The first-order valence-corrected chi connectivity index (χ1v) is 10.0. The molecule has 1 saturated heterocycles. The molecule has 2 heterocycles. The number of hydrogen-bond donors (Lipinski definition) is 1. The minimum atomic E-state index is 0.814. The molecule has 0 aliphatic carbocycles. The molecule has 1 fully saturated rings. The molecule has 27 heavy (non-hydrogen) atoms. The third kappa shape index (κ3) is 3.82. The first kappa shape index (κ1) is 17.9. The van der Waals surface area contributed by atoms with Gasteiger partial charge in [-0.25, -0.2) is 0 Å². The lowest BCUT2D eigenvalue weighted by Gasteiger charge is -2.33. The van der Waals surface area contributed by atoms with E-state index >= 15 is 0 Å². The highest BCUT2D eigenvalue weighted by Gasteiger charge is 2.22. The van der Waals surface area contributed by atoms with Gasteiger partial charge in [0.05, 0.1) is 26.2 Å². The monoisotopic (exact) mass is 380 g/mol. The van der Waals surface area contributed by atoms with E-state index in [4.69, 9.17) is 17.3 Å². The molecule has 0 radical (unpaired) electrons. The average molecular weight is 381 g/mol. The van der Waals surface area contributed by atoms with E-state index in [0.717, 1.165) is 55.6 Å². The molecular weight excluding hydrogens is 354 g/mol. The second-order valence-electron chi connectivity index (χ2n) is 6.95. The van der Waals surface area contributed by atoms with E-state index in [9.17, 15) is 0 Å². The maximum Gasteiger partial charge on any atom is 0.203 e. The van der Waals surface area contributed by atoms with Crippen LogP contribution in [0.25, 0.3) is 11.4 Å². The summed E-state index contributed by atoms with van der Waals surface area (Å²) in [6.07, 6.45) is 0. The number of aromatic nitrogens is 3. The van der Waals surface area contributed by atoms with Gasteiger partial charge < -0.3 is 14.4 Å². The van der Waals surface area contributed by atoms with E-state index in [1.165, 1.54) is 10.6 Å². The SMILES string of the molecule is CCn1c(-c2ccccc2)nn(C[NH+]2CCN(c3ccccc3)CC2)c1=S. The zero-order chi connectivity index (χ0) is 18.6. The number of nitrogens with one attached hydrogen (secondary N) is 1. The van der Waals surface area contributed by atoms with Crippen LogP contribution in [0.2, 0.25) is 0 Å². The van der Waals surface area contributed by atoms with E-state index in [1.54, 1.807) is 0 Å². The normalized spacial score (nSPS) is 15.2. The molecule has 1 N–H and O–H groups in total. The summed E-state index contributed by atoms with van der Waals surface area (Å²) in [4.78, 5) is 3.99. The zero-order valence-corrected chi connectivity index (χ0v) is 16.5. The molecule has 0 unspecified atom stereocenters. The van der Waals surface area contributed by atoms with Crippen molar-refractivity contribution in [1.29, 1.82) is 0 Å². The van der Waals surface area contributed by atoms with Crippen LogP contribution in [0.5, 0.6) is 0 Å². The Morgan fingerprint density at radius 1 is 0.963 bits per heavy atom. The number of anilines is 1. The number of quaternary nitrogens is 1. The molecule has 0 spiro atoms. The Morgan fingerprint density at radius 3 is 2.22 bits per heavy atom. The Balaban J connectivity index is 1.48. The molecule has 0 bridgehead atoms. The number of rotatable bonds is 5. The Hall–Kier alpha value is -2.44. The van der Waals surface area contributed by atoms with Crippen LogP contribution in [0.4, 0.5) is 5.69 Å². The highest BCUT2D eigenvalue weighted by molar-refractivity contribution is 7.71. The number of benzene rings is 2. The van der Waals surface area contributed by atoms with E-state index < -0.39 is 0 Å². The number of hydrogen-bond acceptors (Lipinski definition) is 3. The Bertz CT molecular complexity index is 924. The quantitative estimate of drug-likeness (QED) is 0.690. The molecule has 0 amide bonds. The van der Waals surface area contributed by atoms with Gasteiger partial charge in [0.2, 0.25) is 4.77 Å². The summed E-state index contributed by atoms with van der Waals surface area (Å²) >= 11 is 5.72. The topological polar surface area (TPSA) is 30.4 Å². The van der Waals surface area contributed by atoms with Gasteiger partial charge in [-0.05, 0) is 31.3 Å². The average Bonchev–Trinajstić information content (AvgIpc) is 3.05. The molecule has 140 valence electrons. The van der Waals surface area contributed by atoms with Gasteiger partial charge in [0.25, 0.3) is 0 Å². The fourth-order valence-electron chi connectivity index (χ4n) is 3.72. The summed E-state index contributed by atoms with van der Waals surface area (Å²) in [7, 11) is 0. The zero-order valence-electron chi connectivity index (χ0n) is 15.7. The van der Waals surface area contributed by atoms with Gasteiger partial charge in [-0.2, -0.15) is 4.68 Å². The lowest BCUT2D eigenvalue weighted by molar-refractivity contribution is -0.924. The Morgan fingerprint density at radius 2 is 1.59 bits per heavy atom. The van der Waals surface area contributed by atoms with E-state index in [-0.39, 0.29) is 0 Å². The summed E-state index contributed by atoms with van der Waals surface area (Å²) in [5, 5.41) is 4.86. The fourth-order valence-corrected chi connectivity index (χ4v) is 4.04. The van der Waals surface area contributed by atoms with Gasteiger partial charge in [-0.3, -0.25) is 0 Å². The Kier molecular flexibility index (Phi) is 5.36. The molecule has 0 atom stereocenters. The molecule has 3 aromatic rings. The van der Waals surface area contributed by atoms with Crippen LogP contribution < -0.4 is 9.80 Å². The second-order valence-corrected chi connectivity index (χ2v) is 7.31. The lowest BCUT2D eigenvalue weighted by Crippen LogP contribution is -3.14. The summed E-state index contributed by atoms with van der Waals surface area (Å²) in [5.74, 6) is 0.963. The minimum Gasteiger partial charge on any atom is -0.360 e. The molecule has 6 heteroatoms. The predicted molar refractivity (Wildman–Crippen MR) is 112 cm³/mol. The third-order valence-corrected chi connectivity index (χ3v) is 5.67. The van der Waals surface area contributed by atoms with E-state index in [2.05, 4.69) is 58.9 Å². The van der Waals surface area contributed by atoms with Gasteiger partial charge in [0.15, 0.2) is 12.5 Å². The summed E-state index contributed by atoms with van der Waals surface area (Å²) in [6, 6.07) is 21.0. The van der Waals surface area contributed by atoms with Crippen LogP contribution in [-0.2, 0) is 13.2 Å². The molecule has 0 saturated carbocycles. The van der Waals surface area contributed by atoms with Gasteiger partial charge in [-0.15, -0.1) is 5.10 Å². The highest BCUT2D eigenvalue weighted by atomic mass is 32.1. The van der Waals surface area contributed by atoms with Gasteiger partial charge in [-0.1, -0.05) is 48.5 Å². The largest absolute Gasteiger partial charge is 0.360 e. The molecule has 1 aromatic heterocycles. The van der Waals surface area contributed by atoms with Crippen LogP contribution in [0.3, 0.4) is 0 Å². The first-order valence-electron chi connectivity index (χ1n) is 9.63. The van der Waals surface area contributed by atoms with Crippen molar-refractivity contribution in [3.63, 3.8) is 0 Å². The van der Waals surface area contributed by atoms with Crippen molar-refractivity contribution in [3.8, 4) is 11.4 Å². The summed E-state index contributed by atoms with van der Waals surface area (Å²) in [5.41, 5.74) is 2.43. The van der Waals surface area contributed by atoms with Crippen LogP contribution in [0, 0.1) is 4.77 Å². The minimum absolute atomic E-state index is 0.814. The van der Waals surface area contributed by atoms with Crippen molar-refractivity contribution in [1.82, 2.24) is 14.3 Å². The predicted octanol–water partition coefficient (Wildman–Crippen LogP) is 2.46. The fraction of sp³-hybridized carbons (Fsp3) is 0.333. The van der Waals surface area contributed by atoms with Gasteiger partial charge in [0, 0.05) is 17.8 Å². The lowest BCUT2D eigenvalue weighted by atomic mass is 10.2. The highest BCUT2D eigenvalue weighted by Crippen LogP contribution is 2.17. The Labute approximate surface area is 165 Å². The maximum atomic E-state index is 5.72. The number of piperazine rings is 1. The molecule has 4 rings (SSSR count). The van der Waals surface area contributed by atoms with Crippen LogP contribution in [0.1, 0.15) is 6.92 Å². The van der Waals surface area contributed by atoms with E-state index in [1.807, 2.05) is 22.9 Å². The van der Waals surface area contributed by atoms with Crippen molar-refractivity contribution in [2.24, 2.45) is 0 Å². The van der Waals surface area contributed by atoms with Crippen molar-refractivity contribution < 1.29 is 4.90 Å². The second kappa shape index (κ2) is 8.06. The van der Waals surface area contributed by atoms with Crippen molar-refractivity contribution in [2.45, 2.75) is 20.1 Å². The van der Waals surface area contributed by atoms with Crippen LogP contribution >= 0.6 is 12.2 Å². The summed E-state index contributed by atoms with van der Waals surface area (Å²) in [6.45, 7) is 8.10. The van der Waals surface area contributed by atoms with Gasteiger partial charge >= 0.3 is 0 Å². The molecule has 1 aliphatic rings. The van der Waals surface area contributed by atoms with Gasteiger partial charge in [0.1, 0.15) is 0 Å². The molecule has 5 nitrogen and oxygen atoms in total. The molecular formula is C21H26N5S+. The first-order chi connectivity index (χ1) is 13.3. The smallest absolute Gasteiger partial charge is 0.203 e. The van der Waals surface area contributed by atoms with Crippen LogP contribution in [-0.4, -0.2) is 40.5 Å². The van der Waals surface area contributed by atoms with E-state index in [0.29, 0.717) is 0 Å². The van der Waals surface area contributed by atoms with Crippen LogP contribution in [0.15, 0.2) is 60.7 Å². The molecule has 2 aromatic carbocycles. The number of nitrogens with zero attached hydrogens (tertiary/aromatic N) is 4. The molecule has 1 aliphatic heterocycles. The number of para-hydroxylation sites is 1. The van der Waals surface area contributed by atoms with Crippen molar-refractivity contribution >= 4 is 17.9 Å². The maximum absolute atomic E-state index is 5.72. The summed E-state index contributed by atoms with van der Waals surface area (Å²) < 4.78 is 4.95. The standard InChI is InChI=1S/C21H25N5S/c1-2-25-20(18-9-5-3-6-10-18)22-26(21(25)27)17-23-13-15-24(16-14-23)19-11-7-4-8-12-19/h3-12H,2,13-17H2,1H3/p+1. The van der Waals surface area contributed by atoms with Crippen molar-refractivity contribution in [3.05, 3.63) is 65.4 Å².